The maximum absolute atomic E-state index is 12.5. The van der Waals surface area contributed by atoms with E-state index in [1.54, 1.807) is 25.1 Å². The number of hydrazone groups is 1. The van der Waals surface area contributed by atoms with Gasteiger partial charge in [0.15, 0.2) is 0 Å². The van der Waals surface area contributed by atoms with Crippen molar-refractivity contribution >= 4 is 28.1 Å². The highest BCUT2D eigenvalue weighted by Crippen LogP contribution is 2.27. The molecule has 4 rings (SSSR count). The van der Waals surface area contributed by atoms with E-state index >= 15 is 0 Å². The molecule has 0 aliphatic heterocycles. The molecule has 3 aromatic carbocycles. The highest BCUT2D eigenvalue weighted by Gasteiger charge is 2.13. The van der Waals surface area contributed by atoms with Crippen LogP contribution < -0.4 is 5.43 Å². The van der Waals surface area contributed by atoms with Gasteiger partial charge in [0.1, 0.15) is 5.69 Å². The molecule has 0 saturated heterocycles. The normalized spacial score (nSPS) is 11.4. The third kappa shape index (κ3) is 3.79. The average molecular weight is 399 g/mol. The van der Waals surface area contributed by atoms with E-state index in [1.165, 1.54) is 12.1 Å². The lowest BCUT2D eigenvalue weighted by Gasteiger charge is -2.03. The molecule has 148 valence electrons. The Morgan fingerprint density at radius 2 is 1.80 bits per heavy atom. The number of hydrogen-bond acceptors (Lipinski definition) is 5. The van der Waals surface area contributed by atoms with Gasteiger partial charge in [-0.3, -0.25) is 20.0 Å². The number of H-pyrrole nitrogens is 1. The summed E-state index contributed by atoms with van der Waals surface area (Å²) in [7, 11) is 0. The molecular weight excluding hydrogens is 382 g/mol. The molecule has 0 spiro atoms. The highest BCUT2D eigenvalue weighted by atomic mass is 16.6. The summed E-state index contributed by atoms with van der Waals surface area (Å²) < 4.78 is 0. The minimum Gasteiger partial charge on any atom is -0.272 e. The van der Waals surface area contributed by atoms with Crippen molar-refractivity contribution in [2.24, 2.45) is 5.10 Å². The Bertz CT molecular complexity index is 1270. The number of amides is 1. The largest absolute Gasteiger partial charge is 0.289 e. The van der Waals surface area contributed by atoms with Crippen molar-refractivity contribution < 1.29 is 9.72 Å². The van der Waals surface area contributed by atoms with Crippen molar-refractivity contribution in [1.29, 1.82) is 0 Å². The Kier molecular flexibility index (Phi) is 5.04. The van der Waals surface area contributed by atoms with Gasteiger partial charge in [-0.25, -0.2) is 5.43 Å². The van der Waals surface area contributed by atoms with E-state index in [1.807, 2.05) is 42.5 Å². The van der Waals surface area contributed by atoms with E-state index in [0.29, 0.717) is 17.0 Å². The summed E-state index contributed by atoms with van der Waals surface area (Å²) in [6.45, 7) is 1.70. The molecule has 0 unspecified atom stereocenters. The van der Waals surface area contributed by atoms with Crippen LogP contribution in [-0.4, -0.2) is 26.7 Å². The number of rotatable bonds is 5. The van der Waals surface area contributed by atoms with E-state index < -0.39 is 10.8 Å². The monoisotopic (exact) mass is 399 g/mol. The molecule has 0 aliphatic rings. The number of hydrogen-bond donors (Lipinski definition) is 2. The number of nitro groups is 1. The summed E-state index contributed by atoms with van der Waals surface area (Å²) >= 11 is 0. The molecular formula is C22H17N5O3. The molecule has 0 radical (unpaired) electrons. The minimum absolute atomic E-state index is 0.00555. The second kappa shape index (κ2) is 7.96. The van der Waals surface area contributed by atoms with Gasteiger partial charge in [-0.2, -0.15) is 10.2 Å². The summed E-state index contributed by atoms with van der Waals surface area (Å²) in [4.78, 5) is 22.7. The predicted molar refractivity (Wildman–Crippen MR) is 114 cm³/mol. The molecule has 0 saturated carbocycles. The molecule has 1 amide bonds. The third-order valence-electron chi connectivity index (χ3n) is 4.71. The van der Waals surface area contributed by atoms with Crippen molar-refractivity contribution in [3.63, 3.8) is 0 Å². The number of fused-ring (bicyclic) bond motifs is 1. The molecule has 8 nitrogen and oxygen atoms in total. The van der Waals surface area contributed by atoms with E-state index in [0.717, 1.165) is 16.3 Å². The molecule has 2 N–H and O–H groups in total. The van der Waals surface area contributed by atoms with Gasteiger partial charge in [0, 0.05) is 17.7 Å². The number of benzene rings is 3. The van der Waals surface area contributed by atoms with Crippen LogP contribution in [0.15, 0.2) is 77.9 Å². The number of nitro benzene ring substituents is 1. The van der Waals surface area contributed by atoms with Crippen molar-refractivity contribution in [2.45, 2.75) is 6.92 Å². The van der Waals surface area contributed by atoms with Crippen molar-refractivity contribution in [3.05, 3.63) is 94.2 Å². The van der Waals surface area contributed by atoms with Crippen molar-refractivity contribution in [1.82, 2.24) is 15.6 Å². The molecule has 0 atom stereocenters. The van der Waals surface area contributed by atoms with Gasteiger partial charge >= 0.3 is 0 Å². The smallest absolute Gasteiger partial charge is 0.272 e. The minimum atomic E-state index is -0.468. The predicted octanol–water partition coefficient (Wildman–Crippen LogP) is 4.29. The van der Waals surface area contributed by atoms with E-state index in [-0.39, 0.29) is 11.4 Å². The Hall–Kier alpha value is -4.33. The summed E-state index contributed by atoms with van der Waals surface area (Å²) in [5, 5.41) is 24.0. The summed E-state index contributed by atoms with van der Waals surface area (Å²) in [6.07, 6.45) is 0. The summed E-state index contributed by atoms with van der Waals surface area (Å²) in [5.41, 5.74) is 5.53. The Balaban J connectivity index is 1.51. The number of carbonyl (C=O) groups is 1. The lowest BCUT2D eigenvalue weighted by molar-refractivity contribution is -0.384. The summed E-state index contributed by atoms with van der Waals surface area (Å²) in [5.74, 6) is -0.435. The fourth-order valence-electron chi connectivity index (χ4n) is 3.11. The topological polar surface area (TPSA) is 113 Å². The zero-order valence-corrected chi connectivity index (χ0v) is 16.0. The standard InChI is InChI=1S/C22H17N5O3/c1-14(15-9-11-17(12-10-15)27(29)30)23-26-22(28)21-13-20(24-25-21)19-8-4-6-16-5-2-3-7-18(16)19/h2-13H,1H3,(H,24,25)(H,26,28). The maximum Gasteiger partial charge on any atom is 0.289 e. The van der Waals surface area contributed by atoms with Crippen LogP contribution in [-0.2, 0) is 0 Å². The fourth-order valence-corrected chi connectivity index (χ4v) is 3.11. The quantitative estimate of drug-likeness (QED) is 0.296. The van der Waals surface area contributed by atoms with Gasteiger partial charge in [0.2, 0.25) is 0 Å². The molecule has 30 heavy (non-hydrogen) atoms. The van der Waals surface area contributed by atoms with Gasteiger partial charge in [0.05, 0.1) is 16.3 Å². The number of aromatic nitrogens is 2. The number of nitrogens with one attached hydrogen (secondary N) is 2. The van der Waals surface area contributed by atoms with Crippen LogP contribution in [0.3, 0.4) is 0 Å². The van der Waals surface area contributed by atoms with Crippen LogP contribution in [0.4, 0.5) is 5.69 Å². The first kappa shape index (κ1) is 19.0. The van der Waals surface area contributed by atoms with Crippen LogP contribution in [0.2, 0.25) is 0 Å². The first-order valence-corrected chi connectivity index (χ1v) is 9.16. The maximum atomic E-state index is 12.5. The molecule has 1 aromatic heterocycles. The number of carbonyl (C=O) groups excluding carboxylic acids is 1. The number of non-ortho nitro benzene ring substituents is 1. The van der Waals surface area contributed by atoms with Crippen LogP contribution >= 0.6 is 0 Å². The average Bonchev–Trinajstić information content (AvgIpc) is 3.27. The lowest BCUT2D eigenvalue weighted by Crippen LogP contribution is -2.19. The van der Waals surface area contributed by atoms with Crippen LogP contribution in [0.25, 0.3) is 22.0 Å². The molecule has 0 bridgehead atoms. The lowest BCUT2D eigenvalue weighted by atomic mass is 10.0. The van der Waals surface area contributed by atoms with Crippen LogP contribution in [0.1, 0.15) is 23.0 Å². The Labute approximate surface area is 171 Å². The third-order valence-corrected chi connectivity index (χ3v) is 4.71. The van der Waals surface area contributed by atoms with Gasteiger partial charge in [-0.05, 0) is 41.5 Å². The van der Waals surface area contributed by atoms with E-state index in [9.17, 15) is 14.9 Å². The van der Waals surface area contributed by atoms with Gasteiger partial charge in [0.25, 0.3) is 11.6 Å². The van der Waals surface area contributed by atoms with Crippen molar-refractivity contribution in [3.8, 4) is 11.3 Å². The molecule has 4 aromatic rings. The van der Waals surface area contributed by atoms with Crippen LogP contribution in [0, 0.1) is 10.1 Å². The molecule has 0 aliphatic carbocycles. The molecule has 8 heteroatoms. The Morgan fingerprint density at radius 3 is 2.57 bits per heavy atom. The zero-order valence-electron chi connectivity index (χ0n) is 16.0. The zero-order chi connectivity index (χ0) is 21.1. The number of nitrogens with zero attached hydrogens (tertiary/aromatic N) is 3. The van der Waals surface area contributed by atoms with Gasteiger partial charge in [-0.1, -0.05) is 42.5 Å². The Morgan fingerprint density at radius 1 is 1.07 bits per heavy atom. The first-order chi connectivity index (χ1) is 14.5. The molecule has 1 heterocycles. The fraction of sp³-hybridized carbons (Fsp3) is 0.0455. The van der Waals surface area contributed by atoms with Gasteiger partial charge in [-0.15, -0.1) is 0 Å². The SMILES string of the molecule is CC(=NNC(=O)c1cc(-c2cccc3ccccc23)n[nH]1)c1ccc([N+](=O)[O-])cc1. The number of aromatic amines is 1. The second-order valence-electron chi connectivity index (χ2n) is 6.64. The molecule has 0 fully saturated rings. The second-order valence-corrected chi connectivity index (χ2v) is 6.64. The first-order valence-electron chi connectivity index (χ1n) is 9.16. The van der Waals surface area contributed by atoms with E-state index in [2.05, 4.69) is 20.7 Å². The highest BCUT2D eigenvalue weighted by molar-refractivity contribution is 6.01. The van der Waals surface area contributed by atoms with Gasteiger partial charge < -0.3 is 0 Å². The van der Waals surface area contributed by atoms with Crippen molar-refractivity contribution in [2.75, 3.05) is 0 Å². The van der Waals surface area contributed by atoms with Crippen LogP contribution in [0.5, 0.6) is 0 Å². The van der Waals surface area contributed by atoms with E-state index in [4.69, 9.17) is 0 Å². The summed E-state index contributed by atoms with van der Waals surface area (Å²) in [6, 6.07) is 21.5.